The van der Waals surface area contributed by atoms with Crippen molar-refractivity contribution in [3.8, 4) is 0 Å². The highest BCUT2D eigenvalue weighted by atomic mass is 19.1. The molecule has 0 radical (unpaired) electrons. The number of hydrogen-bond donors (Lipinski definition) is 3. The molecule has 0 bridgehead atoms. The number of rotatable bonds is 4. The van der Waals surface area contributed by atoms with E-state index in [9.17, 15) is 9.18 Å². The van der Waals surface area contributed by atoms with Crippen molar-refractivity contribution in [2.24, 2.45) is 0 Å². The number of carbonyl (C=O) groups is 1. The molecule has 0 unspecified atom stereocenters. The third-order valence-corrected chi connectivity index (χ3v) is 1.04. The molecule has 0 aliphatic rings. The predicted molar refractivity (Wildman–Crippen MR) is 30.1 cm³/mol. The van der Waals surface area contributed by atoms with E-state index in [1.807, 2.05) is 0 Å². The van der Waals surface area contributed by atoms with E-state index in [1.54, 1.807) is 0 Å². The molecule has 0 heterocycles. The maximum absolute atomic E-state index is 12.1. The molecule has 3 N–H and O–H groups in total. The van der Waals surface area contributed by atoms with Crippen molar-refractivity contribution in [3.63, 3.8) is 0 Å². The van der Waals surface area contributed by atoms with Crippen LogP contribution in [0.4, 0.5) is 4.39 Å². The first-order valence-corrected chi connectivity index (χ1v) is 2.69. The van der Waals surface area contributed by atoms with Crippen molar-refractivity contribution in [1.82, 2.24) is 0 Å². The Morgan fingerprint density at radius 3 is 2.30 bits per heavy atom. The van der Waals surface area contributed by atoms with Gasteiger partial charge in [-0.2, -0.15) is 0 Å². The van der Waals surface area contributed by atoms with Crippen LogP contribution in [0.3, 0.4) is 0 Å². The maximum Gasteiger partial charge on any atom is 0.183 e. The molecule has 0 aliphatic carbocycles. The Morgan fingerprint density at radius 2 is 2.00 bits per heavy atom. The van der Waals surface area contributed by atoms with Crippen LogP contribution >= 0.6 is 0 Å². The monoisotopic (exact) mass is 152 g/mol. The molecule has 60 valence electrons. The van der Waals surface area contributed by atoms with Crippen LogP contribution in [-0.4, -0.2) is 46.6 Å². The fraction of sp³-hybridized carbons (Fsp3) is 0.800. The van der Waals surface area contributed by atoms with Crippen LogP contribution in [-0.2, 0) is 4.79 Å². The van der Waals surface area contributed by atoms with E-state index in [0.717, 1.165) is 0 Å². The number of aliphatic hydroxyl groups excluding tert-OH is 3. The van der Waals surface area contributed by atoms with Gasteiger partial charge in [0.1, 0.15) is 12.2 Å². The smallest absolute Gasteiger partial charge is 0.183 e. The molecule has 0 amide bonds. The Bertz CT molecular complexity index is 108. The van der Waals surface area contributed by atoms with E-state index in [0.29, 0.717) is 0 Å². The fourth-order valence-corrected chi connectivity index (χ4v) is 0.401. The van der Waals surface area contributed by atoms with Crippen LogP contribution in [0, 0.1) is 0 Å². The zero-order valence-corrected chi connectivity index (χ0v) is 5.14. The molecule has 0 saturated carbocycles. The second-order valence-electron chi connectivity index (χ2n) is 1.82. The Balaban J connectivity index is 3.80. The first kappa shape index (κ1) is 9.48. The second kappa shape index (κ2) is 4.32. The molecule has 0 fully saturated rings. The minimum absolute atomic E-state index is 0.135. The highest BCUT2D eigenvalue weighted by Gasteiger charge is 2.24. The van der Waals surface area contributed by atoms with Gasteiger partial charge in [-0.05, 0) is 0 Å². The van der Waals surface area contributed by atoms with Gasteiger partial charge >= 0.3 is 0 Å². The SMILES string of the molecule is O=C[C@H](F)[C@H](O)[C@H](O)CO. The van der Waals surface area contributed by atoms with Gasteiger partial charge in [-0.25, -0.2) is 4.39 Å². The zero-order chi connectivity index (χ0) is 8.15. The highest BCUT2D eigenvalue weighted by Crippen LogP contribution is 2.00. The number of alkyl halides is 1. The molecule has 0 saturated heterocycles. The summed E-state index contributed by atoms with van der Waals surface area (Å²) >= 11 is 0. The average molecular weight is 152 g/mol. The van der Waals surface area contributed by atoms with Crippen LogP contribution in [0.5, 0.6) is 0 Å². The van der Waals surface area contributed by atoms with E-state index in [2.05, 4.69) is 0 Å². The molecule has 5 heteroatoms. The number of aldehydes is 1. The van der Waals surface area contributed by atoms with Crippen molar-refractivity contribution in [1.29, 1.82) is 0 Å². The lowest BCUT2D eigenvalue weighted by Crippen LogP contribution is -2.37. The van der Waals surface area contributed by atoms with Crippen LogP contribution in [0.1, 0.15) is 0 Å². The second-order valence-corrected chi connectivity index (χ2v) is 1.82. The minimum atomic E-state index is -2.14. The molecule has 0 aromatic carbocycles. The summed E-state index contributed by atoms with van der Waals surface area (Å²) in [6.45, 7) is -0.768. The third-order valence-electron chi connectivity index (χ3n) is 1.04. The lowest BCUT2D eigenvalue weighted by Gasteiger charge is -2.14. The van der Waals surface area contributed by atoms with Crippen molar-refractivity contribution < 1.29 is 24.5 Å². The molecule has 4 nitrogen and oxygen atoms in total. The summed E-state index contributed by atoms with van der Waals surface area (Å²) in [5.74, 6) is 0. The minimum Gasteiger partial charge on any atom is -0.394 e. The maximum atomic E-state index is 12.1. The van der Waals surface area contributed by atoms with E-state index >= 15 is 0 Å². The Morgan fingerprint density at radius 1 is 1.50 bits per heavy atom. The van der Waals surface area contributed by atoms with E-state index < -0.39 is 25.0 Å². The van der Waals surface area contributed by atoms with E-state index in [1.165, 1.54) is 0 Å². The van der Waals surface area contributed by atoms with Gasteiger partial charge in [0, 0.05) is 0 Å². The number of hydrogen-bond acceptors (Lipinski definition) is 4. The van der Waals surface area contributed by atoms with Gasteiger partial charge in [-0.15, -0.1) is 0 Å². The lowest BCUT2D eigenvalue weighted by atomic mass is 10.1. The van der Waals surface area contributed by atoms with Gasteiger partial charge in [0.15, 0.2) is 12.5 Å². The van der Waals surface area contributed by atoms with Gasteiger partial charge in [0.05, 0.1) is 6.61 Å². The predicted octanol–water partition coefficient (Wildman–Crippen LogP) is -1.76. The molecule has 0 aromatic heterocycles. The Kier molecular flexibility index (Phi) is 4.10. The lowest BCUT2D eigenvalue weighted by molar-refractivity contribution is -0.120. The quantitative estimate of drug-likeness (QED) is 0.417. The Hall–Kier alpha value is -0.520. The average Bonchev–Trinajstić information content (AvgIpc) is 2.00. The van der Waals surface area contributed by atoms with E-state index in [4.69, 9.17) is 15.3 Å². The number of carbonyl (C=O) groups excluding carboxylic acids is 1. The van der Waals surface area contributed by atoms with E-state index in [-0.39, 0.29) is 6.29 Å². The van der Waals surface area contributed by atoms with Crippen molar-refractivity contribution >= 4 is 6.29 Å². The third kappa shape index (κ3) is 2.38. The Labute approximate surface area is 56.9 Å². The van der Waals surface area contributed by atoms with Gasteiger partial charge in [-0.3, -0.25) is 0 Å². The van der Waals surface area contributed by atoms with Crippen molar-refractivity contribution in [3.05, 3.63) is 0 Å². The summed E-state index contributed by atoms with van der Waals surface area (Å²) < 4.78 is 12.1. The zero-order valence-electron chi connectivity index (χ0n) is 5.14. The van der Waals surface area contributed by atoms with Crippen LogP contribution in [0.2, 0.25) is 0 Å². The molecular formula is C5H9FO4. The van der Waals surface area contributed by atoms with Gasteiger partial charge < -0.3 is 20.1 Å². The first-order valence-electron chi connectivity index (χ1n) is 2.69. The summed E-state index contributed by atoms with van der Waals surface area (Å²) in [5.41, 5.74) is 0. The summed E-state index contributed by atoms with van der Waals surface area (Å²) in [6, 6.07) is 0. The molecule has 0 aliphatic heterocycles. The van der Waals surface area contributed by atoms with Crippen molar-refractivity contribution in [2.75, 3.05) is 6.61 Å². The van der Waals surface area contributed by atoms with Crippen molar-refractivity contribution in [2.45, 2.75) is 18.4 Å². The normalized spacial score (nSPS) is 19.6. The van der Waals surface area contributed by atoms with Gasteiger partial charge in [0.25, 0.3) is 0 Å². The van der Waals surface area contributed by atoms with Crippen LogP contribution < -0.4 is 0 Å². The first-order chi connectivity index (χ1) is 4.63. The van der Waals surface area contributed by atoms with Crippen LogP contribution in [0.25, 0.3) is 0 Å². The fourth-order valence-electron chi connectivity index (χ4n) is 0.401. The number of aliphatic hydroxyl groups is 3. The van der Waals surface area contributed by atoms with Crippen LogP contribution in [0.15, 0.2) is 0 Å². The highest BCUT2D eigenvalue weighted by molar-refractivity contribution is 5.56. The van der Waals surface area contributed by atoms with Gasteiger partial charge in [-0.1, -0.05) is 0 Å². The number of halogens is 1. The largest absolute Gasteiger partial charge is 0.394 e. The standard InChI is InChI=1S/C5H9FO4/c6-3(1-7)5(10)4(9)2-8/h1,3-5,8-10H,2H2/t3-,4+,5-/m0/s1. The molecule has 10 heavy (non-hydrogen) atoms. The molecule has 0 rings (SSSR count). The molecular weight excluding hydrogens is 143 g/mol. The summed E-state index contributed by atoms with van der Waals surface area (Å²) in [4.78, 5) is 9.64. The topological polar surface area (TPSA) is 77.8 Å². The molecule has 3 atom stereocenters. The summed E-state index contributed by atoms with van der Waals surface area (Å²) in [7, 11) is 0. The molecule has 0 spiro atoms. The van der Waals surface area contributed by atoms with Gasteiger partial charge in [0.2, 0.25) is 0 Å². The summed E-state index contributed by atoms with van der Waals surface area (Å²) in [5, 5.41) is 25.3. The summed E-state index contributed by atoms with van der Waals surface area (Å²) in [6.07, 6.45) is -5.70. The molecule has 0 aromatic rings.